The number of fused-ring (bicyclic) bond motifs is 13. The van der Waals surface area contributed by atoms with Crippen molar-refractivity contribution >= 4 is 112 Å². The molecule has 5 saturated heterocycles. The zero-order chi connectivity index (χ0) is 96.5. The van der Waals surface area contributed by atoms with Gasteiger partial charge >= 0.3 is 66.0 Å². The molecule has 3 aromatic carbocycles. The van der Waals surface area contributed by atoms with Gasteiger partial charge in [0.2, 0.25) is 6.04 Å². The smallest absolute Gasteiger partial charge is 0.407 e. The minimum absolute atomic E-state index is 0.00506. The number of esters is 5. The van der Waals surface area contributed by atoms with Gasteiger partial charge < -0.3 is 74.1 Å². The van der Waals surface area contributed by atoms with Crippen LogP contribution in [0.25, 0.3) is 0 Å². The van der Waals surface area contributed by atoms with Crippen molar-refractivity contribution in [3.8, 4) is 0 Å². The standard InChI is InChI=1S/C24H30N2O4.C21H22N2O4.C21H26N2O2.2C17H25NO6.C3H5ClO2/c1-3-29-24(28)25-16-8-9-17-15(10-16)11-18-21(13(2)30-23(18)27)22(17)20-12-14-6-4-5-7-19(14)26-20;1-11-19-16(21(24)27-11)9-13-8-14(23(25)26)6-7-15(13)20(19)18-10-12-4-2-3-5-17(12)22-18;1-11-19-16(21(24)25-11)9-13-8-14(22)6-7-15(13)20(19)18-10-12-4-2-3-5-17(12)23-18;2*1-3-23-17(22)18-10-4-5-11-9(6-10)7-12-13(14(11)15(19)20)8(2)24-16(12)21;1-2-3(5)6-4/h4-7,13,15-18,21-22H,3,8-12H2,1-2H3,(H,25,28);2-5,9,11,14-16,19-20H,6-8,10H2,1H3;2-5,11,13-16,19-20H,6-10,22H2,1H3;2*8-14H,3-7H2,1-2H3,(H,18,22)(H,19,20);2H2,1H3/t13-,15+,16-,17-,18-,21-,22-;11-,14-,15-,16-,19-,20-;11-,13?,14-,15-,16-,19-,20-;2*8-,9+,10-,11-,12-,13-,14+;/m11111./s1. The molecule has 10 aliphatic carbocycles. The largest absolute Gasteiger partial charge is 0.481 e. The van der Waals surface area contributed by atoms with Crippen LogP contribution in [0.5, 0.6) is 0 Å². The number of benzene rings is 3. The topological polar surface area (TPSA) is 454 Å². The number of cyclic esters (lactones) is 5. The number of para-hydroxylation sites is 3. The van der Waals surface area contributed by atoms with Gasteiger partial charge in [0, 0.05) is 132 Å². The second-order valence-electron chi connectivity index (χ2n) is 41.3. The van der Waals surface area contributed by atoms with Crippen LogP contribution in [0.1, 0.15) is 207 Å². The number of halogens is 1. The van der Waals surface area contributed by atoms with Gasteiger partial charge in [-0.25, -0.2) is 14.4 Å². The van der Waals surface area contributed by atoms with Gasteiger partial charge in [-0.1, -0.05) is 73.2 Å². The van der Waals surface area contributed by atoms with E-state index in [1.807, 2.05) is 51.1 Å². The number of nitro groups is 1. The number of ether oxygens (including phenoxy) is 8. The quantitative estimate of drug-likeness (QED) is 0.0304. The van der Waals surface area contributed by atoms with E-state index in [2.05, 4.69) is 87.6 Å². The molecular formula is C103H133ClN8O24. The summed E-state index contributed by atoms with van der Waals surface area (Å²) in [6.07, 6.45) is 18.3. The van der Waals surface area contributed by atoms with Gasteiger partial charge in [0.1, 0.15) is 42.4 Å². The van der Waals surface area contributed by atoms with Gasteiger partial charge in [-0.2, -0.15) is 0 Å². The Labute approximate surface area is 798 Å². The van der Waals surface area contributed by atoms with Gasteiger partial charge in [0.25, 0.3) is 0 Å². The monoisotopic (exact) mass is 1900 g/mol. The highest BCUT2D eigenvalue weighted by molar-refractivity contribution is 6.13. The maximum Gasteiger partial charge on any atom is 0.407 e. The highest BCUT2D eigenvalue weighted by Crippen LogP contribution is 2.60. The zero-order valence-electron chi connectivity index (χ0n) is 79.1. The van der Waals surface area contributed by atoms with Gasteiger partial charge in [-0.15, -0.1) is 0 Å². The number of nitrogens with two attached hydrogens (primary N) is 1. The van der Waals surface area contributed by atoms with Crippen molar-refractivity contribution in [1.29, 1.82) is 0 Å². The second-order valence-corrected chi connectivity index (χ2v) is 41.4. The van der Waals surface area contributed by atoms with Crippen molar-refractivity contribution in [3.63, 3.8) is 0 Å². The van der Waals surface area contributed by atoms with Crippen molar-refractivity contribution < 1.29 is 110 Å². The third-order valence-corrected chi connectivity index (χ3v) is 34.2. The van der Waals surface area contributed by atoms with E-state index < -0.39 is 48.0 Å². The summed E-state index contributed by atoms with van der Waals surface area (Å²) in [5.74, 6) is -1.45. The predicted octanol–water partition coefficient (Wildman–Crippen LogP) is 15.5. The number of carbonyl (C=O) groups excluding carboxylic acids is 9. The number of aliphatic carboxylic acids is 2. The van der Waals surface area contributed by atoms with E-state index in [4.69, 9.17) is 58.6 Å². The molecule has 0 radical (unpaired) electrons. The fourth-order valence-electron chi connectivity index (χ4n) is 28.6. The molecule has 8 aliphatic heterocycles. The molecule has 136 heavy (non-hydrogen) atoms. The van der Waals surface area contributed by atoms with Crippen LogP contribution in [0.2, 0.25) is 0 Å². The maximum absolute atomic E-state index is 12.7. The molecule has 33 heteroatoms. The molecule has 0 aromatic heterocycles. The zero-order valence-corrected chi connectivity index (χ0v) is 79.9. The number of nitrogens with zero attached hydrogens (tertiary/aromatic N) is 4. The Balaban J connectivity index is 0.000000122. The lowest BCUT2D eigenvalue weighted by atomic mass is 9.55. The van der Waals surface area contributed by atoms with Crippen LogP contribution in [-0.4, -0.2) is 179 Å². The number of carboxylic acid groups (broad SMARTS) is 2. The Morgan fingerprint density at radius 2 is 0.787 bits per heavy atom. The summed E-state index contributed by atoms with van der Waals surface area (Å²) < 4.78 is 46.3. The first kappa shape index (κ1) is 98.7. The Kier molecular flexibility index (Phi) is 30.9. The second kappa shape index (κ2) is 42.5. The summed E-state index contributed by atoms with van der Waals surface area (Å²) >= 11 is 4.60. The third-order valence-electron chi connectivity index (χ3n) is 34.0. The van der Waals surface area contributed by atoms with Crippen LogP contribution in [-0.2, 0) is 99.8 Å². The molecular weight excluding hydrogens is 1770 g/mol. The lowest BCUT2D eigenvalue weighted by Crippen LogP contribution is -2.51. The molecule has 0 spiro atoms. The normalized spacial score (nSPS) is 38.0. The molecule has 3 aromatic rings. The molecule has 18 aliphatic rings. The van der Waals surface area contributed by atoms with Gasteiger partial charge in [0.15, 0.2) is 0 Å². The number of aliphatic imine (C=N–C) groups is 3. The Bertz CT molecular complexity index is 5040. The fourth-order valence-corrected chi connectivity index (χ4v) is 28.7. The van der Waals surface area contributed by atoms with Crippen LogP contribution in [0, 0.1) is 152 Å². The molecule has 736 valence electrons. The summed E-state index contributed by atoms with van der Waals surface area (Å²) in [6.45, 7) is 17.7. The first-order valence-electron chi connectivity index (χ1n) is 50.0. The number of nitrogens with one attached hydrogen (secondary N) is 3. The maximum atomic E-state index is 12.7. The van der Waals surface area contributed by atoms with E-state index in [0.29, 0.717) is 94.4 Å². The van der Waals surface area contributed by atoms with E-state index in [-0.39, 0.29) is 196 Å². The van der Waals surface area contributed by atoms with E-state index in [0.717, 1.165) is 131 Å². The highest BCUT2D eigenvalue weighted by Gasteiger charge is 2.63. The molecule has 1 unspecified atom stereocenters. The molecule has 7 N–H and O–H groups in total. The summed E-state index contributed by atoms with van der Waals surface area (Å²) in [5, 5.41) is 39.6. The summed E-state index contributed by atoms with van der Waals surface area (Å²) in [4.78, 5) is 157. The van der Waals surface area contributed by atoms with Gasteiger partial charge in [-0.05, 0) is 253 Å². The van der Waals surface area contributed by atoms with Crippen molar-refractivity contribution in [2.45, 2.75) is 271 Å². The SMILES string of the molecule is CCC(=O)OCl.CCOC(=O)N[C@@H]1CC[C@@H]2[C@@H](C1)C[C@H]1C(=O)O[C@H](C)[C@H]1[C@H]2C(=O)O.CCOC(=O)N[C@@H]1CC[C@@H]2[C@@H](C1)C[C@H]1C(=O)O[C@H](C)[C@H]1[C@H]2C(=O)O.CCOC(=O)N[C@@H]1CC[C@@H]2[C@@H](C1)C[C@H]1C(=O)O[C@H](C)[C@H]1[C@H]2C1=Nc2ccccc2C1.C[C@H]1OC(=O)[C@@H]2C=C3C[C@H]([N+](=O)[O-])CC[C@H]3[C@H](C3=Nc4ccccc4C3)[C@H]12.C[C@H]1OC(=O)[C@@H]2CC3C[C@H](N)CC[C@H]3[C@H](C3=Nc4ccccc4C3)[C@H]12. The minimum atomic E-state index is -0.832. The van der Waals surface area contributed by atoms with Gasteiger partial charge in [-0.3, -0.25) is 63.4 Å². The average Bonchev–Trinajstić information content (AvgIpc) is 1.59. The summed E-state index contributed by atoms with van der Waals surface area (Å²) in [6, 6.07) is 24.8. The van der Waals surface area contributed by atoms with Crippen LogP contribution < -0.4 is 21.7 Å². The molecule has 34 atom stereocenters. The number of alkyl carbamates (subject to hydrolysis) is 3. The molecule has 0 bridgehead atoms. The number of amides is 3. The van der Waals surface area contributed by atoms with Crippen molar-refractivity contribution in [3.05, 3.63) is 111 Å². The van der Waals surface area contributed by atoms with E-state index in [1.165, 1.54) is 28.1 Å². The number of hydrogen-bond acceptors (Lipinski definition) is 26. The van der Waals surface area contributed by atoms with Crippen LogP contribution in [0.4, 0.5) is 31.4 Å². The van der Waals surface area contributed by atoms with Crippen LogP contribution >= 0.6 is 11.9 Å². The lowest BCUT2D eigenvalue weighted by Gasteiger charge is -2.48. The molecule has 14 fully saturated rings. The fraction of sp³-hybridized carbons (Fsp3) is 0.670. The van der Waals surface area contributed by atoms with Crippen molar-refractivity contribution in [2.24, 2.45) is 163 Å². The van der Waals surface area contributed by atoms with Crippen molar-refractivity contribution in [2.75, 3.05) is 19.8 Å². The molecule has 9 saturated carbocycles. The number of carbonyl (C=O) groups is 11. The molecule has 32 nitrogen and oxygen atoms in total. The molecule has 3 amide bonds. The van der Waals surface area contributed by atoms with E-state index >= 15 is 0 Å². The van der Waals surface area contributed by atoms with Crippen LogP contribution in [0.15, 0.2) is 99.4 Å². The Morgan fingerprint density at radius 1 is 0.441 bits per heavy atom. The number of hydrogen-bond donors (Lipinski definition) is 6. The lowest BCUT2D eigenvalue weighted by molar-refractivity contribution is -0.524. The minimum Gasteiger partial charge on any atom is -0.481 e. The molecule has 8 heterocycles. The van der Waals surface area contributed by atoms with Crippen LogP contribution in [0.3, 0.4) is 0 Å². The Hall–Kier alpha value is -10.4. The predicted molar refractivity (Wildman–Crippen MR) is 497 cm³/mol. The van der Waals surface area contributed by atoms with E-state index in [9.17, 15) is 73.1 Å². The average molecular weight is 1900 g/mol. The van der Waals surface area contributed by atoms with Crippen molar-refractivity contribution in [1.82, 2.24) is 16.0 Å². The van der Waals surface area contributed by atoms with Gasteiger partial charge in [0.05, 0.1) is 78.3 Å². The first-order valence-corrected chi connectivity index (χ1v) is 50.3. The highest BCUT2D eigenvalue weighted by atomic mass is 35.5. The number of rotatable bonds is 13. The summed E-state index contributed by atoms with van der Waals surface area (Å²) in [7, 11) is 0. The molecule has 21 rings (SSSR count). The first-order chi connectivity index (χ1) is 65.3. The van der Waals surface area contributed by atoms with E-state index in [1.54, 1.807) is 34.6 Å². The number of carboxylic acids is 2. The third kappa shape index (κ3) is 20.6. The summed E-state index contributed by atoms with van der Waals surface area (Å²) in [5.41, 5.74) is 18.0. The Morgan fingerprint density at radius 3 is 1.15 bits per heavy atom.